The van der Waals surface area contributed by atoms with Gasteiger partial charge in [-0.2, -0.15) is 4.58 Å². The molecule has 2 heteroatoms. The fraction of sp³-hybridized carbons (Fsp3) is 0.323. The van der Waals surface area contributed by atoms with Crippen LogP contribution in [-0.4, -0.2) is 24.4 Å². The molecule has 0 unspecified atom stereocenters. The number of fused-ring (bicyclic) bond motifs is 4. The van der Waals surface area contributed by atoms with E-state index in [4.69, 9.17) is 0 Å². The fourth-order valence-electron chi connectivity index (χ4n) is 6.04. The molecule has 0 fully saturated rings. The van der Waals surface area contributed by atoms with Gasteiger partial charge in [0.2, 0.25) is 5.69 Å². The second kappa shape index (κ2) is 7.18. The summed E-state index contributed by atoms with van der Waals surface area (Å²) in [5.41, 5.74) is 10.7. The third kappa shape index (κ3) is 3.11. The highest BCUT2D eigenvalue weighted by Gasteiger charge is 2.44. The molecule has 2 nitrogen and oxygen atoms in total. The summed E-state index contributed by atoms with van der Waals surface area (Å²) in [7, 11) is 4.39. The first-order valence-corrected chi connectivity index (χ1v) is 11.9. The molecule has 2 aliphatic rings. The lowest BCUT2D eigenvalue weighted by Gasteiger charge is -2.23. The monoisotopic (exact) mass is 435 g/mol. The smallest absolute Gasteiger partial charge is 0.210 e. The van der Waals surface area contributed by atoms with E-state index in [0.717, 1.165) is 0 Å². The summed E-state index contributed by atoms with van der Waals surface area (Å²) in [4.78, 5) is 2.35. The second-order valence-electron chi connectivity index (χ2n) is 10.9. The fourth-order valence-corrected chi connectivity index (χ4v) is 6.04. The molecule has 0 N–H and O–H groups in total. The van der Waals surface area contributed by atoms with Gasteiger partial charge in [-0.1, -0.05) is 61.4 Å². The molecule has 0 spiro atoms. The van der Waals surface area contributed by atoms with Crippen molar-refractivity contribution < 1.29 is 4.58 Å². The van der Waals surface area contributed by atoms with Crippen LogP contribution in [0, 0.1) is 13.8 Å². The third-order valence-electron chi connectivity index (χ3n) is 7.84. The number of benzene rings is 3. The van der Waals surface area contributed by atoms with Gasteiger partial charge in [0.1, 0.15) is 7.05 Å². The molecule has 3 aromatic rings. The summed E-state index contributed by atoms with van der Waals surface area (Å²) in [6.45, 7) is 13.7. The minimum Gasteiger partial charge on any atom is -0.347 e. The molecule has 3 aromatic carbocycles. The maximum atomic E-state index is 2.37. The van der Waals surface area contributed by atoms with E-state index in [-0.39, 0.29) is 10.8 Å². The molecule has 0 amide bonds. The van der Waals surface area contributed by atoms with Gasteiger partial charge in [-0.15, -0.1) is 0 Å². The molecule has 2 aliphatic heterocycles. The molecule has 0 saturated carbocycles. The zero-order valence-electron chi connectivity index (χ0n) is 21.2. The number of nitrogens with zero attached hydrogens (tertiary/aromatic N) is 2. The number of hydrogen-bond donors (Lipinski definition) is 0. The van der Waals surface area contributed by atoms with Crippen LogP contribution < -0.4 is 4.90 Å². The topological polar surface area (TPSA) is 6.25 Å². The summed E-state index contributed by atoms with van der Waals surface area (Å²) < 4.78 is 2.37. The number of rotatable bonds is 2. The Kier molecular flexibility index (Phi) is 4.72. The van der Waals surface area contributed by atoms with Crippen molar-refractivity contribution in [3.8, 4) is 0 Å². The van der Waals surface area contributed by atoms with Crippen LogP contribution in [0.5, 0.6) is 0 Å². The van der Waals surface area contributed by atoms with Gasteiger partial charge in [0, 0.05) is 41.6 Å². The predicted molar refractivity (Wildman–Crippen MR) is 142 cm³/mol. The summed E-state index contributed by atoms with van der Waals surface area (Å²) in [6, 6.07) is 18.1. The van der Waals surface area contributed by atoms with Gasteiger partial charge in [-0.3, -0.25) is 0 Å². The Labute approximate surface area is 198 Å². The number of aryl methyl sites for hydroxylation is 2. The van der Waals surface area contributed by atoms with E-state index in [2.05, 4.69) is 132 Å². The van der Waals surface area contributed by atoms with E-state index in [1.165, 1.54) is 55.8 Å². The number of hydrogen-bond acceptors (Lipinski definition) is 1. The highest BCUT2D eigenvalue weighted by molar-refractivity contribution is 6.07. The van der Waals surface area contributed by atoms with Gasteiger partial charge in [0.05, 0.1) is 5.41 Å². The summed E-state index contributed by atoms with van der Waals surface area (Å²) in [5.74, 6) is 0. The van der Waals surface area contributed by atoms with Crippen LogP contribution in [0.4, 0.5) is 11.4 Å². The molecule has 2 heterocycles. The molecular weight excluding hydrogens is 400 g/mol. The van der Waals surface area contributed by atoms with Gasteiger partial charge in [0.25, 0.3) is 0 Å². The van der Waals surface area contributed by atoms with Crippen LogP contribution in [0.3, 0.4) is 0 Å². The van der Waals surface area contributed by atoms with Crippen LogP contribution in [-0.2, 0) is 10.8 Å². The van der Waals surface area contributed by atoms with Gasteiger partial charge >= 0.3 is 0 Å². The van der Waals surface area contributed by atoms with Crippen molar-refractivity contribution in [1.29, 1.82) is 0 Å². The molecule has 0 aromatic heterocycles. The zero-order valence-corrected chi connectivity index (χ0v) is 21.2. The lowest BCUT2D eigenvalue weighted by atomic mass is 9.78. The molecule has 0 saturated heterocycles. The molecular formula is C31H35N2+. The molecule has 0 aliphatic carbocycles. The van der Waals surface area contributed by atoms with Crippen molar-refractivity contribution in [3.63, 3.8) is 0 Å². The molecule has 0 bridgehead atoms. The molecule has 33 heavy (non-hydrogen) atoms. The van der Waals surface area contributed by atoms with Crippen molar-refractivity contribution in [1.82, 2.24) is 0 Å². The summed E-state index contributed by atoms with van der Waals surface area (Å²) >= 11 is 0. The molecule has 0 radical (unpaired) electrons. The van der Waals surface area contributed by atoms with E-state index in [0.29, 0.717) is 0 Å². The SMILES string of the molecule is Cc1ccc2c(c1)C(C)(C)/C(=C\C=C\C1=[N+](C)c3ccc4ccc(C)cc4c3C1(C)C)N2C. The predicted octanol–water partition coefficient (Wildman–Crippen LogP) is 7.33. The minimum absolute atomic E-state index is 0.0150. The van der Waals surface area contributed by atoms with Crippen LogP contribution in [0.2, 0.25) is 0 Å². The van der Waals surface area contributed by atoms with E-state index < -0.39 is 0 Å². The van der Waals surface area contributed by atoms with Gasteiger partial charge in [-0.25, -0.2) is 0 Å². The Bertz CT molecular complexity index is 1400. The number of anilines is 1. The Morgan fingerprint density at radius 3 is 2.27 bits per heavy atom. The van der Waals surface area contributed by atoms with Crippen molar-refractivity contribution in [2.75, 3.05) is 19.0 Å². The lowest BCUT2D eigenvalue weighted by molar-refractivity contribution is -0.401. The Morgan fingerprint density at radius 1 is 0.848 bits per heavy atom. The standard InChI is InChI=1S/C31H35N2/c1-20-12-14-22-15-17-26-29(23(22)18-20)31(5,6)28(33(26)8)11-9-10-27-30(3,4)24-19-21(2)13-16-25(24)32(27)7/h9-19H,1-8H3/q+1. The third-order valence-corrected chi connectivity index (χ3v) is 7.84. The first-order valence-electron chi connectivity index (χ1n) is 11.9. The van der Waals surface area contributed by atoms with E-state index >= 15 is 0 Å². The molecule has 0 atom stereocenters. The zero-order chi connectivity index (χ0) is 23.7. The van der Waals surface area contributed by atoms with Crippen LogP contribution >= 0.6 is 0 Å². The molecule has 5 rings (SSSR count). The van der Waals surface area contributed by atoms with Gasteiger partial charge in [-0.05, 0) is 62.2 Å². The quantitative estimate of drug-likeness (QED) is 0.382. The normalized spacial score (nSPS) is 19.8. The lowest BCUT2D eigenvalue weighted by Crippen LogP contribution is -2.27. The number of allylic oxidation sites excluding steroid dienone is 4. The largest absolute Gasteiger partial charge is 0.347 e. The first-order chi connectivity index (χ1) is 15.5. The van der Waals surface area contributed by atoms with Gasteiger partial charge < -0.3 is 4.90 Å². The maximum absolute atomic E-state index is 2.37. The average molecular weight is 436 g/mol. The minimum atomic E-state index is -0.0659. The average Bonchev–Trinajstić information content (AvgIpc) is 3.07. The summed E-state index contributed by atoms with van der Waals surface area (Å²) in [5, 5.41) is 2.68. The van der Waals surface area contributed by atoms with Crippen molar-refractivity contribution in [2.24, 2.45) is 0 Å². The van der Waals surface area contributed by atoms with Crippen molar-refractivity contribution in [2.45, 2.75) is 52.4 Å². The summed E-state index contributed by atoms with van der Waals surface area (Å²) in [6.07, 6.45) is 6.86. The van der Waals surface area contributed by atoms with Crippen LogP contribution in [0.15, 0.2) is 72.5 Å². The highest BCUT2D eigenvalue weighted by atomic mass is 15.2. The highest BCUT2D eigenvalue weighted by Crippen LogP contribution is 2.47. The van der Waals surface area contributed by atoms with Crippen LogP contribution in [0.1, 0.15) is 49.9 Å². The maximum Gasteiger partial charge on any atom is 0.210 e. The van der Waals surface area contributed by atoms with Crippen molar-refractivity contribution >= 4 is 27.9 Å². The Morgan fingerprint density at radius 2 is 1.52 bits per heavy atom. The molecule has 168 valence electrons. The van der Waals surface area contributed by atoms with Gasteiger partial charge in [0.15, 0.2) is 5.71 Å². The van der Waals surface area contributed by atoms with E-state index in [1.54, 1.807) is 0 Å². The first kappa shape index (κ1) is 21.7. The Balaban J connectivity index is 1.55. The Hall–Kier alpha value is -3.13. The second-order valence-corrected chi connectivity index (χ2v) is 10.9. The van der Waals surface area contributed by atoms with E-state index in [9.17, 15) is 0 Å². The van der Waals surface area contributed by atoms with E-state index in [1.807, 2.05) is 0 Å². The van der Waals surface area contributed by atoms with Crippen LogP contribution in [0.25, 0.3) is 10.8 Å². The van der Waals surface area contributed by atoms with Crippen molar-refractivity contribution in [3.05, 3.63) is 94.7 Å². The number of likely N-dealkylation sites (N-methyl/N-ethyl adjacent to an activating group) is 1.